The maximum atomic E-state index is 13.5. The summed E-state index contributed by atoms with van der Waals surface area (Å²) >= 11 is 0. The highest BCUT2D eigenvalue weighted by Crippen LogP contribution is 2.23. The van der Waals surface area contributed by atoms with Gasteiger partial charge in [-0.2, -0.15) is 0 Å². The molecular weight excluding hydrogens is 349 g/mol. The van der Waals surface area contributed by atoms with Crippen molar-refractivity contribution >= 4 is 28.5 Å². The fraction of sp³-hybridized carbons (Fsp3) is 0.250. The number of hydrogen-bond acceptors (Lipinski definition) is 6. The van der Waals surface area contributed by atoms with E-state index in [-0.39, 0.29) is 24.2 Å². The molecule has 0 saturated carbocycles. The van der Waals surface area contributed by atoms with Crippen LogP contribution in [0.3, 0.4) is 0 Å². The molecular formula is C20H18FN3O3. The molecule has 2 heterocycles. The molecule has 1 atom stereocenters. The highest BCUT2D eigenvalue weighted by atomic mass is 19.1. The molecule has 7 heteroatoms. The normalized spacial score (nSPS) is 16.4. The average molecular weight is 367 g/mol. The van der Waals surface area contributed by atoms with E-state index in [1.165, 1.54) is 12.1 Å². The Balaban J connectivity index is 1.64. The summed E-state index contributed by atoms with van der Waals surface area (Å²) in [5, 5.41) is 2.97. The van der Waals surface area contributed by atoms with Crippen LogP contribution in [0.15, 0.2) is 48.5 Å². The molecule has 0 radical (unpaired) electrons. The molecule has 1 aliphatic heterocycles. The van der Waals surface area contributed by atoms with Crippen LogP contribution in [-0.4, -0.2) is 35.3 Å². The molecule has 1 aromatic heterocycles. The molecule has 27 heavy (non-hydrogen) atoms. The van der Waals surface area contributed by atoms with Gasteiger partial charge in [0.15, 0.2) is 11.5 Å². The first-order valence-corrected chi connectivity index (χ1v) is 8.77. The predicted molar refractivity (Wildman–Crippen MR) is 98.5 cm³/mol. The number of ether oxygens (including phenoxy) is 2. The van der Waals surface area contributed by atoms with Crippen molar-refractivity contribution in [1.82, 2.24) is 9.97 Å². The molecule has 4 rings (SSSR count). The second kappa shape index (κ2) is 7.67. The van der Waals surface area contributed by atoms with Crippen molar-refractivity contribution in [1.29, 1.82) is 0 Å². The average Bonchev–Trinajstić information content (AvgIpc) is 3.19. The first-order chi connectivity index (χ1) is 13.2. The number of para-hydroxylation sites is 2. The molecule has 6 nitrogen and oxygen atoms in total. The summed E-state index contributed by atoms with van der Waals surface area (Å²) in [5.41, 5.74) is 1.71. The molecule has 1 aliphatic rings. The first kappa shape index (κ1) is 17.4. The number of nitrogens with one attached hydrogen (secondary N) is 1. The highest BCUT2D eigenvalue weighted by molar-refractivity contribution is 5.96. The minimum absolute atomic E-state index is 0.0518. The standard InChI is InChI=1S/C20H18FN3O3/c21-13-5-3-6-14(11-13)22-19-18(20(25)27-12-15-7-4-10-26-15)23-16-8-1-2-9-17(16)24-19/h1-3,5-6,8-9,11,15H,4,7,10,12H2,(H,22,24). The molecule has 1 unspecified atom stereocenters. The van der Waals surface area contributed by atoms with Crippen LogP contribution in [0.2, 0.25) is 0 Å². The molecule has 0 aliphatic carbocycles. The maximum Gasteiger partial charge on any atom is 0.360 e. The third kappa shape index (κ3) is 4.03. The van der Waals surface area contributed by atoms with Gasteiger partial charge in [-0.15, -0.1) is 0 Å². The Hall–Kier alpha value is -3.06. The second-order valence-corrected chi connectivity index (χ2v) is 6.28. The van der Waals surface area contributed by atoms with Crippen molar-refractivity contribution in [2.24, 2.45) is 0 Å². The predicted octanol–water partition coefficient (Wildman–Crippen LogP) is 3.85. The number of carbonyl (C=O) groups is 1. The summed E-state index contributed by atoms with van der Waals surface area (Å²) in [6, 6.07) is 13.1. The molecule has 0 bridgehead atoms. The Morgan fingerprint density at radius 3 is 2.74 bits per heavy atom. The number of rotatable bonds is 5. The van der Waals surface area contributed by atoms with E-state index in [9.17, 15) is 9.18 Å². The molecule has 0 amide bonds. The van der Waals surface area contributed by atoms with Crippen molar-refractivity contribution < 1.29 is 18.7 Å². The van der Waals surface area contributed by atoms with Crippen molar-refractivity contribution in [3.05, 3.63) is 60.0 Å². The van der Waals surface area contributed by atoms with Gasteiger partial charge < -0.3 is 14.8 Å². The summed E-state index contributed by atoms with van der Waals surface area (Å²) in [6.45, 7) is 0.858. The lowest BCUT2D eigenvalue weighted by Gasteiger charge is -2.13. The van der Waals surface area contributed by atoms with E-state index in [1.54, 1.807) is 24.3 Å². The van der Waals surface area contributed by atoms with Gasteiger partial charge in [0.05, 0.1) is 17.1 Å². The number of nitrogens with zero attached hydrogens (tertiary/aromatic N) is 2. The summed E-state index contributed by atoms with van der Waals surface area (Å²) in [4.78, 5) is 21.5. The van der Waals surface area contributed by atoms with Crippen LogP contribution in [0.1, 0.15) is 23.3 Å². The summed E-state index contributed by atoms with van der Waals surface area (Å²) < 4.78 is 24.4. The van der Waals surface area contributed by atoms with Gasteiger partial charge >= 0.3 is 5.97 Å². The fourth-order valence-corrected chi connectivity index (χ4v) is 2.95. The van der Waals surface area contributed by atoms with Crippen LogP contribution in [0.5, 0.6) is 0 Å². The number of carbonyl (C=O) groups excluding carboxylic acids is 1. The summed E-state index contributed by atoms with van der Waals surface area (Å²) in [6.07, 6.45) is 1.75. The van der Waals surface area contributed by atoms with Crippen LogP contribution in [-0.2, 0) is 9.47 Å². The zero-order valence-electron chi connectivity index (χ0n) is 14.5. The number of aromatic nitrogens is 2. The number of esters is 1. The minimum Gasteiger partial charge on any atom is -0.458 e. The monoisotopic (exact) mass is 367 g/mol. The van der Waals surface area contributed by atoms with Gasteiger partial charge in [0.2, 0.25) is 0 Å². The number of anilines is 2. The molecule has 1 fully saturated rings. The number of hydrogen-bond donors (Lipinski definition) is 1. The third-order valence-electron chi connectivity index (χ3n) is 4.28. The Morgan fingerprint density at radius 1 is 1.19 bits per heavy atom. The Bertz CT molecular complexity index is 974. The van der Waals surface area contributed by atoms with E-state index >= 15 is 0 Å². The van der Waals surface area contributed by atoms with Crippen molar-refractivity contribution in [3.8, 4) is 0 Å². The molecule has 1 N–H and O–H groups in total. The Labute approximate surface area is 155 Å². The maximum absolute atomic E-state index is 13.5. The topological polar surface area (TPSA) is 73.3 Å². The smallest absolute Gasteiger partial charge is 0.360 e. The van der Waals surface area contributed by atoms with E-state index in [0.29, 0.717) is 23.3 Å². The lowest BCUT2D eigenvalue weighted by atomic mass is 10.2. The first-order valence-electron chi connectivity index (χ1n) is 8.77. The van der Waals surface area contributed by atoms with Gasteiger partial charge in [0.25, 0.3) is 0 Å². The number of fused-ring (bicyclic) bond motifs is 1. The van der Waals surface area contributed by atoms with Crippen LogP contribution in [0.25, 0.3) is 11.0 Å². The summed E-state index contributed by atoms with van der Waals surface area (Å²) in [7, 11) is 0. The van der Waals surface area contributed by atoms with Gasteiger partial charge in [0.1, 0.15) is 12.4 Å². The van der Waals surface area contributed by atoms with Gasteiger partial charge in [-0.1, -0.05) is 18.2 Å². The van der Waals surface area contributed by atoms with Crippen molar-refractivity contribution in [2.75, 3.05) is 18.5 Å². The van der Waals surface area contributed by atoms with Gasteiger partial charge in [0, 0.05) is 12.3 Å². The second-order valence-electron chi connectivity index (χ2n) is 6.28. The van der Waals surface area contributed by atoms with Crippen LogP contribution in [0.4, 0.5) is 15.9 Å². The van der Waals surface area contributed by atoms with Crippen molar-refractivity contribution in [3.63, 3.8) is 0 Å². The van der Waals surface area contributed by atoms with Gasteiger partial charge in [-0.25, -0.2) is 19.2 Å². The van der Waals surface area contributed by atoms with Crippen molar-refractivity contribution in [2.45, 2.75) is 18.9 Å². The molecule has 138 valence electrons. The Morgan fingerprint density at radius 2 is 2.00 bits per heavy atom. The molecule has 1 saturated heterocycles. The third-order valence-corrected chi connectivity index (χ3v) is 4.28. The lowest BCUT2D eigenvalue weighted by Crippen LogP contribution is -2.19. The zero-order valence-corrected chi connectivity index (χ0v) is 14.5. The summed E-state index contributed by atoms with van der Waals surface area (Å²) in [5.74, 6) is -0.768. The quantitative estimate of drug-likeness (QED) is 0.691. The molecule has 0 spiro atoms. The molecule has 3 aromatic rings. The lowest BCUT2D eigenvalue weighted by molar-refractivity contribution is 0.0157. The van der Waals surface area contributed by atoms with E-state index in [0.717, 1.165) is 12.8 Å². The molecule has 2 aromatic carbocycles. The highest BCUT2D eigenvalue weighted by Gasteiger charge is 2.22. The fourth-order valence-electron chi connectivity index (χ4n) is 2.95. The van der Waals surface area contributed by atoms with Gasteiger partial charge in [-0.05, 0) is 43.2 Å². The largest absolute Gasteiger partial charge is 0.458 e. The van der Waals surface area contributed by atoms with E-state index in [2.05, 4.69) is 15.3 Å². The Kier molecular flexibility index (Phi) is 4.93. The number of benzene rings is 2. The van der Waals surface area contributed by atoms with E-state index < -0.39 is 11.8 Å². The van der Waals surface area contributed by atoms with Crippen LogP contribution >= 0.6 is 0 Å². The van der Waals surface area contributed by atoms with Crippen LogP contribution in [0, 0.1) is 5.82 Å². The zero-order chi connectivity index (χ0) is 18.6. The van der Waals surface area contributed by atoms with Gasteiger partial charge in [-0.3, -0.25) is 0 Å². The van der Waals surface area contributed by atoms with E-state index in [4.69, 9.17) is 9.47 Å². The number of halogens is 1. The van der Waals surface area contributed by atoms with E-state index in [1.807, 2.05) is 12.1 Å². The SMILES string of the molecule is O=C(OCC1CCCO1)c1nc2ccccc2nc1Nc1cccc(F)c1. The van der Waals surface area contributed by atoms with Crippen LogP contribution < -0.4 is 5.32 Å². The minimum atomic E-state index is -0.595.